The van der Waals surface area contributed by atoms with Crippen molar-refractivity contribution in [3.63, 3.8) is 0 Å². The first-order valence-electron chi connectivity index (χ1n) is 7.72. The maximum Gasteiger partial charge on any atom is 0.169 e. The van der Waals surface area contributed by atoms with Crippen molar-refractivity contribution < 1.29 is 4.79 Å². The van der Waals surface area contributed by atoms with Gasteiger partial charge in [0.1, 0.15) is 0 Å². The minimum absolute atomic E-state index is 0.0933. The van der Waals surface area contributed by atoms with Crippen LogP contribution in [-0.4, -0.2) is 13.9 Å². The molecular weight excluding hydrogens is 284 g/mol. The zero-order valence-electron chi connectivity index (χ0n) is 13.7. The molecule has 114 valence electrons. The number of hydrogen-bond acceptors (Lipinski definition) is 1. The fourth-order valence-corrected chi connectivity index (χ4v) is 5.70. The maximum atomic E-state index is 12.9. The second-order valence-corrected chi connectivity index (χ2v) is 11.3. The van der Waals surface area contributed by atoms with Crippen molar-refractivity contribution in [2.75, 3.05) is 0 Å². The summed E-state index contributed by atoms with van der Waals surface area (Å²) in [7, 11) is -1.68. The van der Waals surface area contributed by atoms with E-state index in [9.17, 15) is 4.79 Å². The standard InChI is InChI=1S/C20H24OSi/c1-16(2)19(20(21)17-11-7-5-8-12-17)15-22(3,4)18-13-9-6-10-14-18/h5-14,19H,1,15H2,2-4H3. The van der Waals surface area contributed by atoms with Gasteiger partial charge >= 0.3 is 0 Å². The maximum absolute atomic E-state index is 12.9. The largest absolute Gasteiger partial charge is 0.294 e. The molecule has 0 amide bonds. The first kappa shape index (κ1) is 16.4. The molecular formula is C20H24OSi. The molecule has 0 saturated heterocycles. The Hall–Kier alpha value is -1.93. The fraction of sp³-hybridized carbons (Fsp3) is 0.250. The molecule has 0 aliphatic rings. The number of ketones is 1. The van der Waals surface area contributed by atoms with E-state index in [0.29, 0.717) is 0 Å². The van der Waals surface area contributed by atoms with E-state index in [-0.39, 0.29) is 11.7 Å². The molecule has 22 heavy (non-hydrogen) atoms. The highest BCUT2D eigenvalue weighted by Crippen LogP contribution is 2.26. The van der Waals surface area contributed by atoms with Crippen LogP contribution in [0.3, 0.4) is 0 Å². The lowest BCUT2D eigenvalue weighted by Gasteiger charge is -2.28. The Morgan fingerprint density at radius 1 is 1.00 bits per heavy atom. The highest BCUT2D eigenvalue weighted by atomic mass is 28.3. The van der Waals surface area contributed by atoms with Gasteiger partial charge in [0, 0.05) is 11.5 Å². The predicted octanol–water partition coefficient (Wildman–Crippen LogP) is 4.68. The van der Waals surface area contributed by atoms with E-state index in [1.54, 1.807) is 0 Å². The number of rotatable bonds is 6. The molecule has 0 bridgehead atoms. The summed E-state index contributed by atoms with van der Waals surface area (Å²) in [6.07, 6.45) is 0. The molecule has 0 heterocycles. The molecule has 1 atom stereocenters. The Labute approximate surface area is 134 Å². The molecule has 0 radical (unpaired) electrons. The van der Waals surface area contributed by atoms with Crippen LogP contribution in [0, 0.1) is 5.92 Å². The molecule has 2 aromatic rings. The van der Waals surface area contributed by atoms with Gasteiger partial charge in [-0.3, -0.25) is 4.79 Å². The summed E-state index contributed by atoms with van der Waals surface area (Å²) < 4.78 is 0. The minimum atomic E-state index is -1.68. The first-order valence-corrected chi connectivity index (χ1v) is 10.9. The monoisotopic (exact) mass is 308 g/mol. The van der Waals surface area contributed by atoms with E-state index in [1.807, 2.05) is 43.3 Å². The Balaban J connectivity index is 2.26. The van der Waals surface area contributed by atoms with Gasteiger partial charge in [0.05, 0.1) is 8.07 Å². The van der Waals surface area contributed by atoms with Crippen molar-refractivity contribution >= 4 is 19.0 Å². The van der Waals surface area contributed by atoms with E-state index >= 15 is 0 Å². The quantitative estimate of drug-likeness (QED) is 0.430. The topological polar surface area (TPSA) is 17.1 Å². The Morgan fingerprint density at radius 2 is 1.50 bits per heavy atom. The molecule has 0 saturated carbocycles. The lowest BCUT2D eigenvalue weighted by atomic mass is 9.94. The second kappa shape index (κ2) is 6.88. The molecule has 0 spiro atoms. The van der Waals surface area contributed by atoms with Crippen molar-refractivity contribution in [3.05, 3.63) is 78.4 Å². The molecule has 0 aliphatic heterocycles. The number of carbonyl (C=O) groups is 1. The van der Waals surface area contributed by atoms with Crippen LogP contribution in [0.4, 0.5) is 0 Å². The molecule has 1 nitrogen and oxygen atoms in total. The highest BCUT2D eigenvalue weighted by Gasteiger charge is 2.31. The van der Waals surface area contributed by atoms with Crippen molar-refractivity contribution in [3.8, 4) is 0 Å². The summed E-state index contributed by atoms with van der Waals surface area (Å²) in [4.78, 5) is 12.9. The molecule has 0 fully saturated rings. The van der Waals surface area contributed by atoms with Crippen LogP contribution >= 0.6 is 0 Å². The summed E-state index contributed by atoms with van der Waals surface area (Å²) in [5.74, 6) is 0.105. The van der Waals surface area contributed by atoms with Gasteiger partial charge in [0.25, 0.3) is 0 Å². The van der Waals surface area contributed by atoms with Gasteiger partial charge in [0.2, 0.25) is 0 Å². The van der Waals surface area contributed by atoms with Gasteiger partial charge in [-0.1, -0.05) is 91.1 Å². The summed E-state index contributed by atoms with van der Waals surface area (Å²) in [5, 5.41) is 1.39. The second-order valence-electron chi connectivity index (χ2n) is 6.58. The molecule has 0 aromatic heterocycles. The SMILES string of the molecule is C=C(C)C(C[Si](C)(C)c1ccccc1)C(=O)c1ccccc1. The molecule has 2 aromatic carbocycles. The van der Waals surface area contributed by atoms with Gasteiger partial charge in [-0.05, 0) is 13.0 Å². The smallest absolute Gasteiger partial charge is 0.169 e. The van der Waals surface area contributed by atoms with Crippen LogP contribution in [0.5, 0.6) is 0 Å². The molecule has 2 rings (SSSR count). The third-order valence-corrected chi connectivity index (χ3v) is 7.56. The van der Waals surface area contributed by atoms with Crippen molar-refractivity contribution in [2.24, 2.45) is 5.92 Å². The van der Waals surface area contributed by atoms with Gasteiger partial charge in [-0.2, -0.15) is 0 Å². The normalized spacial score (nSPS) is 12.7. The third-order valence-electron chi connectivity index (χ3n) is 4.24. The summed E-state index contributed by atoms with van der Waals surface area (Å²) in [6.45, 7) is 10.7. The lowest BCUT2D eigenvalue weighted by Crippen LogP contribution is -2.44. The number of allylic oxidation sites excluding steroid dienone is 1. The van der Waals surface area contributed by atoms with E-state index in [4.69, 9.17) is 0 Å². The predicted molar refractivity (Wildman–Crippen MR) is 97.4 cm³/mol. The highest BCUT2D eigenvalue weighted by molar-refractivity contribution is 6.90. The van der Waals surface area contributed by atoms with Gasteiger partial charge in [-0.25, -0.2) is 0 Å². The number of carbonyl (C=O) groups excluding carboxylic acids is 1. The van der Waals surface area contributed by atoms with Crippen molar-refractivity contribution in [2.45, 2.75) is 26.1 Å². The lowest BCUT2D eigenvalue weighted by molar-refractivity contribution is 0.0948. The van der Waals surface area contributed by atoms with Crippen molar-refractivity contribution in [1.82, 2.24) is 0 Å². The van der Waals surface area contributed by atoms with Crippen LogP contribution in [0.1, 0.15) is 17.3 Å². The summed E-state index contributed by atoms with van der Waals surface area (Å²) >= 11 is 0. The van der Waals surface area contributed by atoms with Gasteiger partial charge in [0.15, 0.2) is 5.78 Å². The first-order chi connectivity index (χ1) is 10.4. The van der Waals surface area contributed by atoms with Gasteiger partial charge < -0.3 is 0 Å². The van der Waals surface area contributed by atoms with Gasteiger partial charge in [-0.15, -0.1) is 0 Å². The third kappa shape index (κ3) is 3.83. The fourth-order valence-electron chi connectivity index (χ4n) is 2.81. The summed E-state index contributed by atoms with van der Waals surface area (Å²) in [5.41, 5.74) is 1.75. The number of benzene rings is 2. The average molecular weight is 308 g/mol. The molecule has 2 heteroatoms. The van der Waals surface area contributed by atoms with E-state index in [0.717, 1.165) is 17.2 Å². The molecule has 1 unspecified atom stereocenters. The Morgan fingerprint density at radius 3 is 2.00 bits per heavy atom. The van der Waals surface area contributed by atoms with Crippen LogP contribution in [0.25, 0.3) is 0 Å². The van der Waals surface area contributed by atoms with Crippen LogP contribution in [-0.2, 0) is 0 Å². The molecule has 0 N–H and O–H groups in total. The number of hydrogen-bond donors (Lipinski definition) is 0. The zero-order chi connectivity index (χ0) is 16.2. The molecule has 0 aliphatic carbocycles. The van der Waals surface area contributed by atoms with Crippen molar-refractivity contribution in [1.29, 1.82) is 0 Å². The Kier molecular flexibility index (Phi) is 5.14. The minimum Gasteiger partial charge on any atom is -0.294 e. The number of Topliss-reactive ketones (excluding diaryl/α,β-unsaturated/α-hetero) is 1. The van der Waals surface area contributed by atoms with Crippen LogP contribution in [0.2, 0.25) is 19.1 Å². The van der Waals surface area contributed by atoms with Crippen LogP contribution < -0.4 is 5.19 Å². The van der Waals surface area contributed by atoms with E-state index < -0.39 is 8.07 Å². The summed E-state index contributed by atoms with van der Waals surface area (Å²) in [6, 6.07) is 21.1. The zero-order valence-corrected chi connectivity index (χ0v) is 14.7. The van der Waals surface area contributed by atoms with E-state index in [1.165, 1.54) is 5.19 Å². The average Bonchev–Trinajstić information content (AvgIpc) is 2.53. The van der Waals surface area contributed by atoms with Crippen LogP contribution in [0.15, 0.2) is 72.8 Å². The van der Waals surface area contributed by atoms with E-state index in [2.05, 4.69) is 43.9 Å². The Bertz CT molecular complexity index is 644.